The summed E-state index contributed by atoms with van der Waals surface area (Å²) in [5, 5.41) is 47.2. The molecule has 3 aromatic carbocycles. The van der Waals surface area contributed by atoms with Crippen molar-refractivity contribution in [2.45, 2.75) is 120 Å². The van der Waals surface area contributed by atoms with Gasteiger partial charge in [-0.15, -0.1) is 0 Å². The van der Waals surface area contributed by atoms with E-state index < -0.39 is 108 Å². The van der Waals surface area contributed by atoms with Crippen molar-refractivity contribution in [1.82, 2.24) is 31.9 Å². The molecular formula is C51H68N8O10S2. The van der Waals surface area contributed by atoms with E-state index in [1.807, 2.05) is 78.9 Å². The first kappa shape index (κ1) is 56.3. The number of fused-ring (bicyclic) bond motifs is 1. The molecule has 0 saturated carbocycles. The van der Waals surface area contributed by atoms with Crippen molar-refractivity contribution >= 4 is 68.4 Å². The smallest absolute Gasteiger partial charge is 0.245 e. The monoisotopic (exact) mass is 1020 g/mol. The van der Waals surface area contributed by atoms with Crippen molar-refractivity contribution in [2.75, 3.05) is 24.7 Å². The van der Waals surface area contributed by atoms with E-state index in [9.17, 15) is 48.9 Å². The van der Waals surface area contributed by atoms with Gasteiger partial charge in [-0.25, -0.2) is 0 Å². The number of amides is 6. The summed E-state index contributed by atoms with van der Waals surface area (Å²) >= 11 is 0. The van der Waals surface area contributed by atoms with Gasteiger partial charge in [-0.3, -0.25) is 33.6 Å². The number of Topliss-reactive ketones (excluding diaryl/α,β-unsaturated/α-hetero) is 1. The third-order valence-electron chi connectivity index (χ3n) is 12.4. The van der Waals surface area contributed by atoms with Crippen molar-refractivity contribution in [2.24, 2.45) is 17.4 Å². The highest BCUT2D eigenvalue weighted by atomic mass is 33.1. The van der Waals surface area contributed by atoms with Gasteiger partial charge in [0.25, 0.3) is 0 Å². The maximum absolute atomic E-state index is 14.8. The molecule has 2 aliphatic rings. The SMILES string of the molecule is C[C@@H](O)C(CO)NC(=O)[C@@H]1CSSC[C@H](NC(=O)[C@H](N)Cc2ccccc2)C(=O)C[C@@H](Cc2ccccc2)C(=O)N[C@H](CC2=CCc3ccccc32)C(=O)N[C@@H](CCCCN)C(=O)N[C@@H]([C@@H](C)O)C(=O)N1. The normalized spacial score (nSPS) is 23.5. The maximum atomic E-state index is 14.8. The number of rotatable bonds is 17. The molecule has 1 aliphatic carbocycles. The van der Waals surface area contributed by atoms with Crippen LogP contribution < -0.4 is 43.4 Å². The summed E-state index contributed by atoms with van der Waals surface area (Å²) in [6, 6.07) is 16.8. The molecule has 0 spiro atoms. The van der Waals surface area contributed by atoms with Gasteiger partial charge in [-0.1, -0.05) is 113 Å². The molecule has 1 aliphatic heterocycles. The first-order valence-electron chi connectivity index (χ1n) is 24.0. The molecule has 384 valence electrons. The molecule has 6 amide bonds. The fraction of sp³-hybridized carbons (Fsp3) is 0.471. The van der Waals surface area contributed by atoms with Crippen LogP contribution in [0.15, 0.2) is 91.0 Å². The molecular weight excluding hydrogens is 949 g/mol. The second-order valence-corrected chi connectivity index (χ2v) is 20.6. The summed E-state index contributed by atoms with van der Waals surface area (Å²) in [5.41, 5.74) is 16.4. The number of carbonyl (C=O) groups is 7. The third kappa shape index (κ3) is 17.3. The van der Waals surface area contributed by atoms with Crippen molar-refractivity contribution in [1.29, 1.82) is 0 Å². The van der Waals surface area contributed by atoms with Crippen LogP contribution in [0.25, 0.3) is 5.57 Å². The van der Waals surface area contributed by atoms with Crippen LogP contribution in [0, 0.1) is 5.92 Å². The van der Waals surface area contributed by atoms with E-state index in [0.717, 1.165) is 49.4 Å². The van der Waals surface area contributed by atoms with E-state index >= 15 is 0 Å². The standard InChI is InChI=1S/C51H68N8O10S2/c1-30(61)41(27-60)56-50(68)43-29-71-70-28-42(57-47(65)38(53)24-33-15-7-4-8-16-33)44(63)26-36(23-32-13-5-3-6-14-32)46(64)55-40(25-35-21-20-34-17-9-10-18-37(34)35)49(67)54-39(19-11-12-22-52)48(66)59-45(31(2)62)51(69)58-43/h3-10,13-18,21,30-31,36,38-43,45,60-62H,11-12,19-20,22-29,52-53H2,1-2H3,(H,54,67)(H,55,64)(H,56,68)(H,57,65)(H,58,69)(H,59,66)/t30-,31-,36-,38-,39+,40-,41?,42+,43+,45+/m1/s1. The lowest BCUT2D eigenvalue weighted by molar-refractivity contribution is -0.136. The average Bonchev–Trinajstić information content (AvgIpc) is 3.76. The summed E-state index contributed by atoms with van der Waals surface area (Å²) in [6.45, 7) is 2.27. The number of allylic oxidation sites excluding steroid dienone is 1. The highest BCUT2D eigenvalue weighted by Crippen LogP contribution is 2.31. The van der Waals surface area contributed by atoms with Crippen LogP contribution >= 0.6 is 21.6 Å². The molecule has 1 saturated heterocycles. The Morgan fingerprint density at radius 3 is 2.06 bits per heavy atom. The Hall–Kier alpha value is -5.61. The molecule has 5 rings (SSSR count). The quantitative estimate of drug-likeness (QED) is 0.0652. The number of nitrogens with one attached hydrogen (secondary N) is 6. The van der Waals surface area contributed by atoms with Crippen molar-refractivity contribution in [3.05, 3.63) is 113 Å². The molecule has 1 unspecified atom stereocenters. The molecule has 0 bridgehead atoms. The second kappa shape index (κ2) is 28.4. The van der Waals surface area contributed by atoms with Gasteiger partial charge in [0, 0.05) is 30.3 Å². The zero-order valence-electron chi connectivity index (χ0n) is 40.1. The minimum absolute atomic E-state index is 0.0118. The zero-order chi connectivity index (χ0) is 51.5. The number of carbonyl (C=O) groups excluding carboxylic acids is 7. The molecule has 20 heteroatoms. The topological polar surface area (TPSA) is 304 Å². The Morgan fingerprint density at radius 2 is 1.39 bits per heavy atom. The Bertz CT molecular complexity index is 2310. The number of unbranched alkanes of at least 4 members (excludes halogenated alkanes) is 1. The van der Waals surface area contributed by atoms with E-state index in [2.05, 4.69) is 31.9 Å². The van der Waals surface area contributed by atoms with Crippen LogP contribution in [0.1, 0.15) is 68.2 Å². The van der Waals surface area contributed by atoms with Gasteiger partial charge in [0.15, 0.2) is 5.78 Å². The minimum atomic E-state index is -1.65. The van der Waals surface area contributed by atoms with Crippen molar-refractivity contribution in [3.8, 4) is 0 Å². The maximum Gasteiger partial charge on any atom is 0.245 e. The van der Waals surface area contributed by atoms with Crippen LogP contribution in [0.2, 0.25) is 0 Å². The molecule has 71 heavy (non-hydrogen) atoms. The molecule has 0 radical (unpaired) electrons. The first-order valence-corrected chi connectivity index (χ1v) is 26.4. The van der Waals surface area contributed by atoms with Crippen molar-refractivity contribution in [3.63, 3.8) is 0 Å². The second-order valence-electron chi connectivity index (χ2n) is 18.0. The van der Waals surface area contributed by atoms with E-state index in [1.54, 1.807) is 12.1 Å². The van der Waals surface area contributed by atoms with E-state index in [4.69, 9.17) is 11.5 Å². The fourth-order valence-corrected chi connectivity index (χ4v) is 10.6. The minimum Gasteiger partial charge on any atom is -0.394 e. The lowest BCUT2D eigenvalue weighted by Crippen LogP contribution is -2.61. The summed E-state index contributed by atoms with van der Waals surface area (Å²) < 4.78 is 0. The van der Waals surface area contributed by atoms with Gasteiger partial charge >= 0.3 is 0 Å². The van der Waals surface area contributed by atoms with Crippen LogP contribution in [-0.4, -0.2) is 136 Å². The summed E-state index contributed by atoms with van der Waals surface area (Å²) in [7, 11) is 2.14. The predicted octanol–water partition coefficient (Wildman–Crippen LogP) is 0.591. The Morgan fingerprint density at radius 1 is 0.761 bits per heavy atom. The molecule has 1 heterocycles. The van der Waals surface area contributed by atoms with Crippen LogP contribution in [-0.2, 0) is 52.8 Å². The predicted molar refractivity (Wildman–Crippen MR) is 274 cm³/mol. The molecule has 0 aromatic heterocycles. The summed E-state index contributed by atoms with van der Waals surface area (Å²) in [5.74, 6) is -6.42. The van der Waals surface area contributed by atoms with Gasteiger partial charge in [0.2, 0.25) is 35.4 Å². The van der Waals surface area contributed by atoms with Gasteiger partial charge in [0.1, 0.15) is 24.2 Å². The number of nitrogens with two attached hydrogens (primary N) is 2. The zero-order valence-corrected chi connectivity index (χ0v) is 41.7. The van der Waals surface area contributed by atoms with Crippen molar-refractivity contribution < 1.29 is 48.9 Å². The fourth-order valence-electron chi connectivity index (χ4n) is 8.23. The largest absolute Gasteiger partial charge is 0.394 e. The lowest BCUT2D eigenvalue weighted by Gasteiger charge is -2.29. The van der Waals surface area contributed by atoms with E-state index in [1.165, 1.54) is 13.8 Å². The number of hydrogen-bond donors (Lipinski definition) is 11. The van der Waals surface area contributed by atoms with Gasteiger partial charge in [-0.2, -0.15) is 0 Å². The Balaban J connectivity index is 1.56. The molecule has 13 N–H and O–H groups in total. The molecule has 10 atom stereocenters. The summed E-state index contributed by atoms with van der Waals surface area (Å²) in [6.07, 6.45) is 0.649. The van der Waals surface area contributed by atoms with Gasteiger partial charge in [0.05, 0.1) is 36.9 Å². The highest BCUT2D eigenvalue weighted by Gasteiger charge is 2.37. The Labute approximate surface area is 422 Å². The van der Waals surface area contributed by atoms with Crippen LogP contribution in [0.4, 0.5) is 0 Å². The van der Waals surface area contributed by atoms with Crippen LogP contribution in [0.3, 0.4) is 0 Å². The molecule has 1 fully saturated rings. The summed E-state index contributed by atoms with van der Waals surface area (Å²) in [4.78, 5) is 99.9. The van der Waals surface area contributed by atoms with E-state index in [0.29, 0.717) is 19.3 Å². The number of hydrogen-bond acceptors (Lipinski definition) is 14. The highest BCUT2D eigenvalue weighted by molar-refractivity contribution is 8.76. The number of aliphatic hydroxyl groups is 3. The number of ketones is 1. The first-order chi connectivity index (χ1) is 34.1. The average molecular weight is 1020 g/mol. The molecule has 18 nitrogen and oxygen atoms in total. The van der Waals surface area contributed by atoms with E-state index in [-0.39, 0.29) is 50.2 Å². The number of benzene rings is 3. The molecule has 3 aromatic rings. The van der Waals surface area contributed by atoms with Crippen LogP contribution in [0.5, 0.6) is 0 Å². The lowest BCUT2D eigenvalue weighted by atomic mass is 9.90. The Kier molecular flexibility index (Phi) is 22.6. The van der Waals surface area contributed by atoms with Gasteiger partial charge < -0.3 is 58.7 Å². The van der Waals surface area contributed by atoms with Gasteiger partial charge in [-0.05, 0) is 86.7 Å². The number of aliphatic hydroxyl groups excluding tert-OH is 3. The third-order valence-corrected chi connectivity index (χ3v) is 14.8.